The van der Waals surface area contributed by atoms with Gasteiger partial charge in [-0.2, -0.15) is 5.26 Å². The van der Waals surface area contributed by atoms with Crippen LogP contribution in [-0.4, -0.2) is 23.9 Å². The molecule has 0 radical (unpaired) electrons. The van der Waals surface area contributed by atoms with Crippen LogP contribution < -0.4 is 0 Å². The second-order valence-electron chi connectivity index (χ2n) is 3.94. The molecule has 18 heavy (non-hydrogen) atoms. The van der Waals surface area contributed by atoms with Crippen molar-refractivity contribution in [2.24, 2.45) is 0 Å². The largest absolute Gasteiger partial charge is 0.463 e. The van der Waals surface area contributed by atoms with Crippen molar-refractivity contribution in [2.45, 2.75) is 13.3 Å². The monoisotopic (exact) mass is 242 g/mol. The van der Waals surface area contributed by atoms with Crippen molar-refractivity contribution >= 4 is 16.9 Å². The van der Waals surface area contributed by atoms with Crippen LogP contribution in [0.5, 0.6) is 0 Å². The molecule has 0 atom stereocenters. The average molecular weight is 242 g/mol. The molecule has 0 fully saturated rings. The number of benzene rings is 1. The van der Waals surface area contributed by atoms with E-state index < -0.39 is 0 Å². The summed E-state index contributed by atoms with van der Waals surface area (Å²) in [4.78, 5) is 14.0. The predicted octanol–water partition coefficient (Wildman–Crippen LogP) is 2.81. The molecule has 0 spiro atoms. The van der Waals surface area contributed by atoms with Gasteiger partial charge < -0.3 is 9.32 Å². The first-order chi connectivity index (χ1) is 8.77. The number of carbonyl (C=O) groups excluding carboxylic acids is 1. The maximum Gasteiger partial charge on any atom is 0.257 e. The minimum atomic E-state index is -0.0855. The van der Waals surface area contributed by atoms with Gasteiger partial charge in [-0.3, -0.25) is 4.79 Å². The number of para-hydroxylation sites is 1. The molecule has 4 heteroatoms. The van der Waals surface area contributed by atoms with E-state index in [0.717, 1.165) is 5.39 Å². The fourth-order valence-corrected chi connectivity index (χ4v) is 1.90. The molecule has 0 aliphatic rings. The third-order valence-electron chi connectivity index (χ3n) is 2.87. The van der Waals surface area contributed by atoms with E-state index in [-0.39, 0.29) is 5.91 Å². The topological polar surface area (TPSA) is 57.2 Å². The number of nitrogens with zero attached hydrogens (tertiary/aromatic N) is 2. The molecule has 0 saturated heterocycles. The van der Waals surface area contributed by atoms with Gasteiger partial charge in [0.05, 0.1) is 18.1 Å². The van der Waals surface area contributed by atoms with Crippen LogP contribution in [0, 0.1) is 11.3 Å². The highest BCUT2D eigenvalue weighted by Gasteiger charge is 2.18. The van der Waals surface area contributed by atoms with Crippen molar-refractivity contribution in [3.8, 4) is 6.07 Å². The third-order valence-corrected chi connectivity index (χ3v) is 2.87. The first kappa shape index (κ1) is 12.2. The van der Waals surface area contributed by atoms with E-state index in [1.165, 1.54) is 6.26 Å². The normalized spacial score (nSPS) is 10.2. The fraction of sp³-hybridized carbons (Fsp3) is 0.286. The van der Waals surface area contributed by atoms with Crippen molar-refractivity contribution in [1.82, 2.24) is 4.90 Å². The van der Waals surface area contributed by atoms with Crippen LogP contribution in [-0.2, 0) is 0 Å². The molecule has 1 amide bonds. The van der Waals surface area contributed by atoms with Crippen molar-refractivity contribution in [2.75, 3.05) is 13.1 Å². The Bertz CT molecular complexity index is 595. The smallest absolute Gasteiger partial charge is 0.257 e. The van der Waals surface area contributed by atoms with Crippen LogP contribution in [0.3, 0.4) is 0 Å². The summed E-state index contributed by atoms with van der Waals surface area (Å²) in [6, 6.07) is 9.49. The van der Waals surface area contributed by atoms with E-state index in [4.69, 9.17) is 9.68 Å². The number of hydrogen-bond donors (Lipinski definition) is 0. The number of nitriles is 1. The SMILES string of the molecule is CCN(CCC#N)C(=O)c1coc2ccccc12. The summed E-state index contributed by atoms with van der Waals surface area (Å²) in [5.74, 6) is -0.0855. The molecule has 0 unspecified atom stereocenters. The van der Waals surface area contributed by atoms with Gasteiger partial charge >= 0.3 is 0 Å². The van der Waals surface area contributed by atoms with Gasteiger partial charge in [-0.15, -0.1) is 0 Å². The first-order valence-electron chi connectivity index (χ1n) is 5.90. The Kier molecular flexibility index (Phi) is 3.63. The van der Waals surface area contributed by atoms with Gasteiger partial charge in [-0.05, 0) is 13.0 Å². The lowest BCUT2D eigenvalue weighted by molar-refractivity contribution is 0.0769. The zero-order valence-corrected chi connectivity index (χ0v) is 10.2. The Morgan fingerprint density at radius 1 is 1.44 bits per heavy atom. The van der Waals surface area contributed by atoms with E-state index in [9.17, 15) is 4.79 Å². The van der Waals surface area contributed by atoms with Gasteiger partial charge in [-0.25, -0.2) is 0 Å². The van der Waals surface area contributed by atoms with E-state index in [1.54, 1.807) is 4.90 Å². The molecular formula is C14H14N2O2. The number of rotatable bonds is 4. The van der Waals surface area contributed by atoms with Crippen molar-refractivity contribution in [1.29, 1.82) is 5.26 Å². The van der Waals surface area contributed by atoms with Gasteiger partial charge in [-0.1, -0.05) is 18.2 Å². The summed E-state index contributed by atoms with van der Waals surface area (Å²) in [5.41, 5.74) is 1.27. The van der Waals surface area contributed by atoms with Crippen molar-refractivity contribution < 1.29 is 9.21 Å². The second-order valence-corrected chi connectivity index (χ2v) is 3.94. The summed E-state index contributed by atoms with van der Waals surface area (Å²) in [6.07, 6.45) is 1.83. The standard InChI is InChI=1S/C14H14N2O2/c1-2-16(9-5-8-15)14(17)12-10-18-13-7-4-3-6-11(12)13/h3-4,6-7,10H,2,5,9H2,1H3. The molecule has 1 heterocycles. The summed E-state index contributed by atoms with van der Waals surface area (Å²) in [7, 11) is 0. The van der Waals surface area contributed by atoms with Gasteiger partial charge in [0, 0.05) is 18.5 Å². The second kappa shape index (κ2) is 5.37. The first-order valence-corrected chi connectivity index (χ1v) is 5.90. The Hall–Kier alpha value is -2.28. The van der Waals surface area contributed by atoms with E-state index >= 15 is 0 Å². The van der Waals surface area contributed by atoms with E-state index in [0.29, 0.717) is 30.7 Å². The summed E-state index contributed by atoms with van der Waals surface area (Å²) in [5, 5.41) is 9.41. The lowest BCUT2D eigenvalue weighted by Crippen LogP contribution is -2.31. The van der Waals surface area contributed by atoms with Crippen LogP contribution in [0.1, 0.15) is 23.7 Å². The number of furan rings is 1. The van der Waals surface area contributed by atoms with E-state index in [2.05, 4.69) is 6.07 Å². The fourth-order valence-electron chi connectivity index (χ4n) is 1.90. The Morgan fingerprint density at radius 3 is 2.94 bits per heavy atom. The highest BCUT2D eigenvalue weighted by atomic mass is 16.3. The zero-order chi connectivity index (χ0) is 13.0. The molecule has 1 aromatic heterocycles. The Labute approximate surface area is 105 Å². The molecule has 2 rings (SSSR count). The number of fused-ring (bicyclic) bond motifs is 1. The maximum absolute atomic E-state index is 12.3. The molecule has 4 nitrogen and oxygen atoms in total. The van der Waals surface area contributed by atoms with Crippen LogP contribution in [0.4, 0.5) is 0 Å². The molecule has 0 aliphatic carbocycles. The molecule has 0 saturated carbocycles. The lowest BCUT2D eigenvalue weighted by atomic mass is 10.1. The Balaban J connectivity index is 2.30. The van der Waals surface area contributed by atoms with Crippen LogP contribution in [0.2, 0.25) is 0 Å². The molecular weight excluding hydrogens is 228 g/mol. The number of hydrogen-bond acceptors (Lipinski definition) is 3. The summed E-state index contributed by atoms with van der Waals surface area (Å²) < 4.78 is 5.36. The van der Waals surface area contributed by atoms with E-state index in [1.807, 2.05) is 31.2 Å². The predicted molar refractivity (Wildman–Crippen MR) is 68.0 cm³/mol. The highest BCUT2D eigenvalue weighted by Crippen LogP contribution is 2.22. The molecule has 0 bridgehead atoms. The third kappa shape index (κ3) is 2.21. The number of carbonyl (C=O) groups is 1. The quantitative estimate of drug-likeness (QED) is 0.828. The van der Waals surface area contributed by atoms with Crippen LogP contribution >= 0.6 is 0 Å². The summed E-state index contributed by atoms with van der Waals surface area (Å²) in [6.45, 7) is 2.93. The van der Waals surface area contributed by atoms with Crippen LogP contribution in [0.15, 0.2) is 34.9 Å². The molecule has 92 valence electrons. The minimum Gasteiger partial charge on any atom is -0.463 e. The highest BCUT2D eigenvalue weighted by molar-refractivity contribution is 6.05. The number of amides is 1. The molecule has 1 aromatic carbocycles. The van der Waals surface area contributed by atoms with Gasteiger partial charge in [0.25, 0.3) is 5.91 Å². The van der Waals surface area contributed by atoms with Gasteiger partial charge in [0.2, 0.25) is 0 Å². The zero-order valence-electron chi connectivity index (χ0n) is 10.2. The van der Waals surface area contributed by atoms with Gasteiger partial charge in [0.1, 0.15) is 11.8 Å². The Morgan fingerprint density at radius 2 is 2.22 bits per heavy atom. The van der Waals surface area contributed by atoms with Gasteiger partial charge in [0.15, 0.2) is 0 Å². The maximum atomic E-state index is 12.3. The van der Waals surface area contributed by atoms with Crippen molar-refractivity contribution in [3.63, 3.8) is 0 Å². The average Bonchev–Trinajstić information content (AvgIpc) is 2.83. The molecule has 0 N–H and O–H groups in total. The molecule has 2 aromatic rings. The van der Waals surface area contributed by atoms with Crippen LogP contribution in [0.25, 0.3) is 11.0 Å². The molecule has 0 aliphatic heterocycles. The van der Waals surface area contributed by atoms with Crippen molar-refractivity contribution in [3.05, 3.63) is 36.1 Å². The summed E-state index contributed by atoms with van der Waals surface area (Å²) >= 11 is 0. The minimum absolute atomic E-state index is 0.0855. The lowest BCUT2D eigenvalue weighted by Gasteiger charge is -2.18.